The second-order valence-corrected chi connectivity index (χ2v) is 2.89. The lowest BCUT2D eigenvalue weighted by molar-refractivity contribution is 0.174. The summed E-state index contributed by atoms with van der Waals surface area (Å²) < 4.78 is 5.28. The van der Waals surface area contributed by atoms with Crippen molar-refractivity contribution in [3.8, 4) is 0 Å². The zero-order chi connectivity index (χ0) is 8.97. The second kappa shape index (κ2) is 4.30. The van der Waals surface area contributed by atoms with Crippen molar-refractivity contribution in [2.75, 3.05) is 26.8 Å². The molecule has 0 aromatic rings. The van der Waals surface area contributed by atoms with Crippen LogP contribution in [0.4, 0.5) is 0 Å². The van der Waals surface area contributed by atoms with Crippen molar-refractivity contribution < 1.29 is 4.74 Å². The predicted molar refractivity (Wildman–Crippen MR) is 49.2 cm³/mol. The third kappa shape index (κ3) is 1.88. The third-order valence-corrected chi connectivity index (χ3v) is 2.21. The van der Waals surface area contributed by atoms with E-state index >= 15 is 0 Å². The summed E-state index contributed by atoms with van der Waals surface area (Å²) in [4.78, 5) is 6.06. The molecule has 0 spiro atoms. The molecule has 70 valence electrons. The predicted octanol–water partition coefficient (Wildman–Crippen LogP) is 0.0417. The minimum absolute atomic E-state index is 0.429. The minimum atomic E-state index is 0.429. The number of likely N-dealkylation sites (N-methyl/N-ethyl adjacent to an activating group) is 1. The quantitative estimate of drug-likeness (QED) is 0.471. The Labute approximate surface area is 73.4 Å². The molecule has 1 unspecified atom stereocenters. The summed E-state index contributed by atoms with van der Waals surface area (Å²) in [7, 11) is 1.72. The Kier molecular flexibility index (Phi) is 3.34. The average Bonchev–Trinajstić information content (AvgIpc) is 2.58. The maximum absolute atomic E-state index is 5.73. The van der Waals surface area contributed by atoms with Crippen molar-refractivity contribution in [2.24, 2.45) is 10.7 Å². The van der Waals surface area contributed by atoms with Gasteiger partial charge in [-0.05, 0) is 13.3 Å². The van der Waals surface area contributed by atoms with E-state index in [1.165, 1.54) is 0 Å². The number of rotatable bonds is 2. The Morgan fingerprint density at radius 1 is 1.75 bits per heavy atom. The van der Waals surface area contributed by atoms with Crippen LogP contribution in [0.5, 0.6) is 0 Å². The van der Waals surface area contributed by atoms with E-state index in [0.29, 0.717) is 12.0 Å². The molecular formula is C8H17N3O. The molecular weight excluding hydrogens is 154 g/mol. The van der Waals surface area contributed by atoms with Gasteiger partial charge in [-0.1, -0.05) is 0 Å². The van der Waals surface area contributed by atoms with Crippen molar-refractivity contribution in [3.63, 3.8) is 0 Å². The molecule has 0 aromatic heterocycles. The van der Waals surface area contributed by atoms with Gasteiger partial charge in [0.2, 0.25) is 0 Å². The Morgan fingerprint density at radius 2 is 2.50 bits per heavy atom. The van der Waals surface area contributed by atoms with E-state index in [4.69, 9.17) is 10.5 Å². The Hall–Kier alpha value is -0.770. The molecule has 0 saturated carbocycles. The van der Waals surface area contributed by atoms with Gasteiger partial charge in [0, 0.05) is 20.2 Å². The Balaban J connectivity index is 2.54. The highest BCUT2D eigenvalue weighted by molar-refractivity contribution is 5.78. The van der Waals surface area contributed by atoms with Gasteiger partial charge in [-0.25, -0.2) is 0 Å². The normalized spacial score (nSPS) is 24.5. The van der Waals surface area contributed by atoms with Gasteiger partial charge in [0.15, 0.2) is 5.96 Å². The lowest BCUT2D eigenvalue weighted by Gasteiger charge is -2.27. The lowest BCUT2D eigenvalue weighted by Crippen LogP contribution is -2.44. The van der Waals surface area contributed by atoms with E-state index in [1.54, 1.807) is 7.05 Å². The molecule has 12 heavy (non-hydrogen) atoms. The summed E-state index contributed by atoms with van der Waals surface area (Å²) in [5, 5.41) is 0. The lowest BCUT2D eigenvalue weighted by atomic mass is 10.2. The molecule has 1 atom stereocenters. The maximum Gasteiger partial charge on any atom is 0.191 e. The zero-order valence-corrected chi connectivity index (χ0v) is 7.79. The molecule has 1 heterocycles. The van der Waals surface area contributed by atoms with Gasteiger partial charge in [0.1, 0.15) is 0 Å². The zero-order valence-electron chi connectivity index (χ0n) is 7.79. The van der Waals surface area contributed by atoms with Crippen LogP contribution < -0.4 is 5.73 Å². The molecule has 1 fully saturated rings. The number of hydrogen-bond donors (Lipinski definition) is 1. The van der Waals surface area contributed by atoms with E-state index in [2.05, 4.69) is 16.8 Å². The third-order valence-electron chi connectivity index (χ3n) is 2.21. The second-order valence-electron chi connectivity index (χ2n) is 2.89. The van der Waals surface area contributed by atoms with Crippen LogP contribution in [-0.2, 0) is 4.74 Å². The molecule has 0 aromatic carbocycles. The number of hydrogen-bond acceptors (Lipinski definition) is 2. The van der Waals surface area contributed by atoms with Gasteiger partial charge in [0.05, 0.1) is 12.6 Å². The molecule has 0 aliphatic carbocycles. The Bertz CT molecular complexity index is 164. The van der Waals surface area contributed by atoms with Crippen LogP contribution >= 0.6 is 0 Å². The average molecular weight is 171 g/mol. The van der Waals surface area contributed by atoms with Crippen LogP contribution in [0.1, 0.15) is 13.3 Å². The molecule has 4 heteroatoms. The molecule has 0 amide bonds. The minimum Gasteiger partial charge on any atom is -0.379 e. The summed E-state index contributed by atoms with van der Waals surface area (Å²) in [6.45, 7) is 4.61. The highest BCUT2D eigenvalue weighted by atomic mass is 16.5. The van der Waals surface area contributed by atoms with Crippen molar-refractivity contribution in [3.05, 3.63) is 0 Å². The topological polar surface area (TPSA) is 50.8 Å². The van der Waals surface area contributed by atoms with Crippen molar-refractivity contribution in [1.29, 1.82) is 0 Å². The van der Waals surface area contributed by atoms with E-state index < -0.39 is 0 Å². The van der Waals surface area contributed by atoms with Gasteiger partial charge >= 0.3 is 0 Å². The van der Waals surface area contributed by atoms with E-state index in [0.717, 1.165) is 26.2 Å². The van der Waals surface area contributed by atoms with E-state index in [-0.39, 0.29) is 0 Å². The van der Waals surface area contributed by atoms with Gasteiger partial charge in [0.25, 0.3) is 0 Å². The van der Waals surface area contributed by atoms with Gasteiger partial charge in [-0.15, -0.1) is 0 Å². The Morgan fingerprint density at radius 3 is 2.92 bits per heavy atom. The largest absolute Gasteiger partial charge is 0.379 e. The van der Waals surface area contributed by atoms with Crippen molar-refractivity contribution in [2.45, 2.75) is 19.4 Å². The SMILES string of the molecule is CCN(C(N)=NC)C1CCOC1. The highest BCUT2D eigenvalue weighted by Gasteiger charge is 2.22. The molecule has 1 aliphatic rings. The van der Waals surface area contributed by atoms with Crippen molar-refractivity contribution >= 4 is 5.96 Å². The first-order valence-corrected chi connectivity index (χ1v) is 4.36. The first-order valence-electron chi connectivity index (χ1n) is 4.36. The van der Waals surface area contributed by atoms with Gasteiger partial charge in [-0.2, -0.15) is 0 Å². The standard InChI is InChI=1S/C8H17N3O/c1-3-11(8(9)10-2)7-4-5-12-6-7/h7H,3-6H2,1-2H3,(H2,9,10). The number of nitrogens with zero attached hydrogens (tertiary/aromatic N) is 2. The highest BCUT2D eigenvalue weighted by Crippen LogP contribution is 2.11. The van der Waals surface area contributed by atoms with E-state index in [9.17, 15) is 0 Å². The van der Waals surface area contributed by atoms with Crippen LogP contribution in [0.15, 0.2) is 4.99 Å². The van der Waals surface area contributed by atoms with Crippen LogP contribution in [0.2, 0.25) is 0 Å². The fraction of sp³-hybridized carbons (Fsp3) is 0.875. The van der Waals surface area contributed by atoms with Gasteiger partial charge in [-0.3, -0.25) is 4.99 Å². The molecule has 1 rings (SSSR count). The van der Waals surface area contributed by atoms with Crippen LogP contribution in [0, 0.1) is 0 Å². The first kappa shape index (κ1) is 9.32. The summed E-state index contributed by atoms with van der Waals surface area (Å²) in [6, 6.07) is 0.429. The number of nitrogens with two attached hydrogens (primary N) is 1. The van der Waals surface area contributed by atoms with Crippen LogP contribution in [-0.4, -0.2) is 43.7 Å². The summed E-state index contributed by atoms with van der Waals surface area (Å²) >= 11 is 0. The molecule has 0 radical (unpaired) electrons. The fourth-order valence-corrected chi connectivity index (χ4v) is 1.50. The molecule has 1 saturated heterocycles. The van der Waals surface area contributed by atoms with Gasteiger partial charge < -0.3 is 15.4 Å². The molecule has 1 aliphatic heterocycles. The first-order chi connectivity index (χ1) is 5.79. The summed E-state index contributed by atoms with van der Waals surface area (Å²) in [5.74, 6) is 0.619. The molecule has 4 nitrogen and oxygen atoms in total. The monoisotopic (exact) mass is 171 g/mol. The molecule has 0 bridgehead atoms. The number of ether oxygens (including phenoxy) is 1. The number of guanidine groups is 1. The fourth-order valence-electron chi connectivity index (χ4n) is 1.50. The summed E-state index contributed by atoms with van der Waals surface area (Å²) in [5.41, 5.74) is 5.73. The summed E-state index contributed by atoms with van der Waals surface area (Å²) in [6.07, 6.45) is 1.06. The number of aliphatic imine (C=N–C) groups is 1. The molecule has 2 N–H and O–H groups in total. The van der Waals surface area contributed by atoms with Crippen LogP contribution in [0.3, 0.4) is 0 Å². The van der Waals surface area contributed by atoms with Crippen LogP contribution in [0.25, 0.3) is 0 Å². The smallest absolute Gasteiger partial charge is 0.191 e. The van der Waals surface area contributed by atoms with E-state index in [1.807, 2.05) is 0 Å². The maximum atomic E-state index is 5.73. The van der Waals surface area contributed by atoms with Crippen molar-refractivity contribution in [1.82, 2.24) is 4.90 Å².